The van der Waals surface area contributed by atoms with Gasteiger partial charge < -0.3 is 4.90 Å². The van der Waals surface area contributed by atoms with E-state index in [4.69, 9.17) is 11.6 Å². The number of thiazole rings is 1. The lowest BCUT2D eigenvalue weighted by Gasteiger charge is -2.20. The molecular formula is C20H19Cl2F2N3OS. The van der Waals surface area contributed by atoms with E-state index in [0.29, 0.717) is 33.5 Å². The number of fused-ring (bicyclic) bond motifs is 1. The minimum absolute atomic E-state index is 0. The molecule has 29 heavy (non-hydrogen) atoms. The summed E-state index contributed by atoms with van der Waals surface area (Å²) < 4.78 is 27.9. The lowest BCUT2D eigenvalue weighted by Crippen LogP contribution is -2.35. The highest BCUT2D eigenvalue weighted by molar-refractivity contribution is 7.22. The maximum absolute atomic E-state index is 14.0. The SMILES string of the molecule is CN(C)CCN(C(=O)C=Cc1ccccc1Cl)c1nc2c(F)cc(F)cc2s1.Cl. The lowest BCUT2D eigenvalue weighted by molar-refractivity contribution is -0.114. The summed E-state index contributed by atoms with van der Waals surface area (Å²) >= 11 is 7.20. The van der Waals surface area contributed by atoms with Crippen molar-refractivity contribution in [2.24, 2.45) is 0 Å². The summed E-state index contributed by atoms with van der Waals surface area (Å²) in [4.78, 5) is 20.5. The van der Waals surface area contributed by atoms with Crippen LogP contribution in [0.1, 0.15) is 5.56 Å². The number of nitrogens with zero attached hydrogens (tertiary/aromatic N) is 3. The Hall–Kier alpha value is -2.06. The van der Waals surface area contributed by atoms with Crippen molar-refractivity contribution in [1.82, 2.24) is 9.88 Å². The van der Waals surface area contributed by atoms with E-state index < -0.39 is 11.6 Å². The molecule has 0 saturated heterocycles. The van der Waals surface area contributed by atoms with Crippen molar-refractivity contribution < 1.29 is 13.6 Å². The molecule has 0 saturated carbocycles. The molecule has 0 N–H and O–H groups in total. The van der Waals surface area contributed by atoms with E-state index in [9.17, 15) is 13.6 Å². The van der Waals surface area contributed by atoms with E-state index >= 15 is 0 Å². The third kappa shape index (κ3) is 5.73. The number of hydrogen-bond donors (Lipinski definition) is 0. The second-order valence-corrected chi connectivity index (χ2v) is 7.80. The fourth-order valence-electron chi connectivity index (χ4n) is 2.52. The first-order valence-corrected chi connectivity index (χ1v) is 9.69. The molecule has 1 amide bonds. The molecule has 0 aliphatic rings. The normalized spacial score (nSPS) is 11.2. The second-order valence-electron chi connectivity index (χ2n) is 6.38. The van der Waals surface area contributed by atoms with Gasteiger partial charge in [0.2, 0.25) is 0 Å². The van der Waals surface area contributed by atoms with Crippen molar-refractivity contribution in [3.05, 3.63) is 64.7 Å². The van der Waals surface area contributed by atoms with Crippen LogP contribution < -0.4 is 4.90 Å². The van der Waals surface area contributed by atoms with Gasteiger partial charge in [0.1, 0.15) is 11.3 Å². The molecule has 0 aliphatic carbocycles. The summed E-state index contributed by atoms with van der Waals surface area (Å²) in [6.07, 6.45) is 3.03. The van der Waals surface area contributed by atoms with Gasteiger partial charge in [-0.3, -0.25) is 9.69 Å². The minimum Gasteiger partial charge on any atom is -0.308 e. The molecule has 0 bridgehead atoms. The second kappa shape index (κ2) is 10.1. The van der Waals surface area contributed by atoms with Gasteiger partial charge in [0.05, 0.1) is 4.70 Å². The molecule has 3 rings (SSSR count). The summed E-state index contributed by atoms with van der Waals surface area (Å²) in [7, 11) is 3.77. The molecule has 3 aromatic rings. The summed E-state index contributed by atoms with van der Waals surface area (Å²) in [5, 5.41) is 0.846. The largest absolute Gasteiger partial charge is 0.308 e. The van der Waals surface area contributed by atoms with E-state index in [1.165, 1.54) is 17.0 Å². The van der Waals surface area contributed by atoms with Crippen molar-refractivity contribution in [1.29, 1.82) is 0 Å². The summed E-state index contributed by atoms with van der Waals surface area (Å²) in [6.45, 7) is 0.932. The van der Waals surface area contributed by atoms with Crippen LogP contribution >= 0.6 is 35.3 Å². The Morgan fingerprint density at radius 3 is 2.62 bits per heavy atom. The molecular weight excluding hydrogens is 439 g/mol. The summed E-state index contributed by atoms with van der Waals surface area (Å²) in [5.74, 6) is -1.74. The third-order valence-corrected chi connectivity index (χ3v) is 5.35. The maximum Gasteiger partial charge on any atom is 0.252 e. The van der Waals surface area contributed by atoms with Crippen LogP contribution in [0.3, 0.4) is 0 Å². The highest BCUT2D eigenvalue weighted by Crippen LogP contribution is 2.31. The number of rotatable bonds is 6. The van der Waals surface area contributed by atoms with Crippen LogP contribution in [0.5, 0.6) is 0 Å². The van der Waals surface area contributed by atoms with Crippen molar-refractivity contribution in [2.45, 2.75) is 0 Å². The van der Waals surface area contributed by atoms with Crippen molar-refractivity contribution >= 4 is 62.7 Å². The number of likely N-dealkylation sites (N-methyl/N-ethyl adjacent to an activating group) is 1. The van der Waals surface area contributed by atoms with Gasteiger partial charge in [-0.25, -0.2) is 13.8 Å². The molecule has 0 fully saturated rings. The monoisotopic (exact) mass is 457 g/mol. The van der Waals surface area contributed by atoms with Crippen LogP contribution in [0, 0.1) is 11.6 Å². The number of carbonyl (C=O) groups is 1. The van der Waals surface area contributed by atoms with Gasteiger partial charge in [0, 0.05) is 30.3 Å². The van der Waals surface area contributed by atoms with Gasteiger partial charge in [0.15, 0.2) is 10.9 Å². The standard InChI is InChI=1S/C20H18ClF2N3OS.ClH/c1-25(2)9-10-26(18(27)8-7-13-5-3-4-6-15(13)21)20-24-19-16(23)11-14(22)12-17(19)28-20;/h3-8,11-12H,9-10H2,1-2H3;1H. The Kier molecular flexibility index (Phi) is 8.10. The van der Waals surface area contributed by atoms with Crippen molar-refractivity contribution in [3.8, 4) is 0 Å². The molecule has 4 nitrogen and oxygen atoms in total. The van der Waals surface area contributed by atoms with Gasteiger partial charge in [0.25, 0.3) is 5.91 Å². The Labute approximate surface area is 182 Å². The molecule has 0 radical (unpaired) electrons. The Bertz CT molecular complexity index is 1040. The number of hydrogen-bond acceptors (Lipinski definition) is 4. The Morgan fingerprint density at radius 1 is 1.21 bits per heavy atom. The predicted molar refractivity (Wildman–Crippen MR) is 118 cm³/mol. The molecule has 2 aromatic carbocycles. The van der Waals surface area contributed by atoms with Gasteiger partial charge >= 0.3 is 0 Å². The van der Waals surface area contributed by atoms with Crippen molar-refractivity contribution in [3.63, 3.8) is 0 Å². The zero-order valence-electron chi connectivity index (χ0n) is 15.7. The van der Waals surface area contributed by atoms with E-state index in [2.05, 4.69) is 4.98 Å². The average molecular weight is 458 g/mol. The van der Waals surface area contributed by atoms with Crippen LogP contribution in [0.15, 0.2) is 42.5 Å². The number of carbonyl (C=O) groups excluding carboxylic acids is 1. The number of anilines is 1. The van der Waals surface area contributed by atoms with E-state index in [1.54, 1.807) is 24.3 Å². The quantitative estimate of drug-likeness (QED) is 0.473. The highest BCUT2D eigenvalue weighted by Gasteiger charge is 2.20. The first-order valence-electron chi connectivity index (χ1n) is 8.49. The molecule has 1 aromatic heterocycles. The van der Waals surface area contributed by atoms with Gasteiger partial charge in [-0.05, 0) is 37.9 Å². The zero-order valence-corrected chi connectivity index (χ0v) is 18.1. The van der Waals surface area contributed by atoms with E-state index in [-0.39, 0.29) is 23.8 Å². The molecule has 0 atom stereocenters. The summed E-state index contributed by atoms with van der Waals surface area (Å²) in [5.41, 5.74) is 0.765. The maximum atomic E-state index is 14.0. The fourth-order valence-corrected chi connectivity index (χ4v) is 3.76. The average Bonchev–Trinajstić information content (AvgIpc) is 3.05. The van der Waals surface area contributed by atoms with Crippen LogP contribution in [-0.2, 0) is 4.79 Å². The first kappa shape index (κ1) is 23.2. The predicted octanol–water partition coefficient (Wildman–Crippen LogP) is 5.26. The van der Waals surface area contributed by atoms with E-state index in [0.717, 1.165) is 17.4 Å². The van der Waals surface area contributed by atoms with Gasteiger partial charge in [-0.2, -0.15) is 0 Å². The van der Waals surface area contributed by atoms with E-state index in [1.807, 2.05) is 25.1 Å². The number of benzene rings is 2. The third-order valence-electron chi connectivity index (χ3n) is 3.98. The number of aromatic nitrogens is 1. The van der Waals surface area contributed by atoms with Crippen LogP contribution in [0.2, 0.25) is 5.02 Å². The van der Waals surface area contributed by atoms with Gasteiger partial charge in [-0.15, -0.1) is 12.4 Å². The molecule has 1 heterocycles. The summed E-state index contributed by atoms with van der Waals surface area (Å²) in [6, 6.07) is 9.17. The molecule has 9 heteroatoms. The van der Waals surface area contributed by atoms with Crippen molar-refractivity contribution in [2.75, 3.05) is 32.1 Å². The molecule has 0 aliphatic heterocycles. The minimum atomic E-state index is -0.746. The van der Waals surface area contributed by atoms with Crippen LogP contribution in [-0.4, -0.2) is 43.0 Å². The Morgan fingerprint density at radius 2 is 1.93 bits per heavy atom. The molecule has 0 unspecified atom stereocenters. The number of halogens is 4. The van der Waals surface area contributed by atoms with Gasteiger partial charge in [-0.1, -0.05) is 41.1 Å². The highest BCUT2D eigenvalue weighted by atomic mass is 35.5. The van der Waals surface area contributed by atoms with Crippen LogP contribution in [0.25, 0.3) is 16.3 Å². The molecule has 154 valence electrons. The molecule has 0 spiro atoms. The smallest absolute Gasteiger partial charge is 0.252 e. The zero-order chi connectivity index (χ0) is 20.3. The Balaban J connectivity index is 0.00000300. The fraction of sp³-hybridized carbons (Fsp3) is 0.200. The van der Waals surface area contributed by atoms with Crippen LogP contribution in [0.4, 0.5) is 13.9 Å². The topological polar surface area (TPSA) is 36.4 Å². The lowest BCUT2D eigenvalue weighted by atomic mass is 10.2. The first-order chi connectivity index (χ1) is 13.3. The number of amides is 1.